The number of aliphatic carboxylic acids is 1. The van der Waals surface area contributed by atoms with Crippen LogP contribution in [0.4, 0.5) is 0 Å². The van der Waals surface area contributed by atoms with Gasteiger partial charge in [-0.25, -0.2) is 4.79 Å². The van der Waals surface area contributed by atoms with E-state index in [0.717, 1.165) is 10.9 Å². The van der Waals surface area contributed by atoms with E-state index in [1.807, 2.05) is 18.2 Å². The average Bonchev–Trinajstić information content (AvgIpc) is 3.39. The number of amides is 4. The first-order chi connectivity index (χ1) is 21.0. The molecule has 1 aromatic heterocycles. The molecule has 12 N–H and O–H groups in total. The maximum atomic E-state index is 13.5. The summed E-state index contributed by atoms with van der Waals surface area (Å²) in [6, 6.07) is 8.08. The minimum absolute atomic E-state index is 0.000437. The van der Waals surface area contributed by atoms with Crippen LogP contribution in [0, 0.1) is 0 Å². The van der Waals surface area contributed by atoms with Crippen LogP contribution in [0.3, 0.4) is 0 Å². The number of aromatic hydroxyl groups is 1. The minimum atomic E-state index is -1.54. The number of carbonyl (C=O) groups excluding carboxylic acids is 4. The van der Waals surface area contributed by atoms with Crippen LogP contribution in [0.5, 0.6) is 5.75 Å². The van der Waals surface area contributed by atoms with E-state index >= 15 is 0 Å². The number of unbranched alkanes of at least 4 members (excludes halogenated alkanes) is 1. The lowest BCUT2D eigenvalue weighted by Crippen LogP contribution is -2.58. The molecular weight excluding hydrogens is 570 g/mol. The number of aromatic nitrogens is 1. The summed E-state index contributed by atoms with van der Waals surface area (Å²) in [6.07, 6.45) is 2.49. The summed E-state index contributed by atoms with van der Waals surface area (Å²) in [5.41, 5.74) is 18.9. The van der Waals surface area contributed by atoms with Gasteiger partial charge in [0.2, 0.25) is 23.6 Å². The van der Waals surface area contributed by atoms with Crippen molar-refractivity contribution in [3.8, 4) is 5.75 Å². The Morgan fingerprint density at radius 1 is 0.818 bits per heavy atom. The maximum absolute atomic E-state index is 13.5. The molecule has 4 atom stereocenters. The van der Waals surface area contributed by atoms with Crippen molar-refractivity contribution in [2.45, 2.75) is 62.7 Å². The van der Waals surface area contributed by atoms with Crippen molar-refractivity contribution in [2.24, 2.45) is 17.2 Å². The standard InChI is InChI=1S/C30H39N7O7/c31-12-4-3-6-21(32)27(40)35-23(13-17-8-10-19(38)11-9-17)28(41)36-24(15-26(33)39)29(42)37-25(30(43)44)14-18-16-34-22-7-2-1-5-20(18)22/h1-2,5,7-11,16,21,23-25,34,38H,3-4,6,12-15,31-32H2,(H2,33,39)(H,35,40)(H,36,41)(H,37,42)(H,43,44). The number of phenolic OH excluding ortho intramolecular Hbond substituents is 1. The SMILES string of the molecule is NCCCCC(N)C(=O)NC(Cc1ccc(O)cc1)C(=O)NC(CC(N)=O)C(=O)NC(Cc1c[nH]c2ccccc12)C(=O)O. The predicted molar refractivity (Wildman–Crippen MR) is 162 cm³/mol. The number of fused-ring (bicyclic) bond motifs is 1. The highest BCUT2D eigenvalue weighted by atomic mass is 16.4. The number of hydrogen-bond donors (Lipinski definition) is 9. The lowest BCUT2D eigenvalue weighted by atomic mass is 10.0. The fourth-order valence-corrected chi connectivity index (χ4v) is 4.67. The monoisotopic (exact) mass is 609 g/mol. The number of benzene rings is 2. The van der Waals surface area contributed by atoms with Crippen molar-refractivity contribution in [2.75, 3.05) is 6.54 Å². The van der Waals surface area contributed by atoms with Crippen LogP contribution in [-0.4, -0.2) is 75.5 Å². The zero-order chi connectivity index (χ0) is 32.2. The third kappa shape index (κ3) is 9.81. The summed E-state index contributed by atoms with van der Waals surface area (Å²) < 4.78 is 0. The number of hydrogen-bond acceptors (Lipinski definition) is 8. The van der Waals surface area contributed by atoms with Crippen LogP contribution in [0.2, 0.25) is 0 Å². The Bertz CT molecular complexity index is 1460. The maximum Gasteiger partial charge on any atom is 0.326 e. The van der Waals surface area contributed by atoms with Crippen molar-refractivity contribution < 1.29 is 34.2 Å². The van der Waals surface area contributed by atoms with E-state index in [1.54, 1.807) is 24.4 Å². The Kier molecular flexibility index (Phi) is 12.2. The smallest absolute Gasteiger partial charge is 0.326 e. The van der Waals surface area contributed by atoms with Gasteiger partial charge in [0.15, 0.2) is 0 Å². The van der Waals surface area contributed by atoms with E-state index in [2.05, 4.69) is 20.9 Å². The fraction of sp³-hybridized carbons (Fsp3) is 0.367. The van der Waals surface area contributed by atoms with Crippen molar-refractivity contribution in [3.63, 3.8) is 0 Å². The number of phenols is 1. The Balaban J connectivity index is 1.78. The topological polar surface area (TPSA) is 256 Å². The second-order valence-electron chi connectivity index (χ2n) is 10.5. The van der Waals surface area contributed by atoms with E-state index in [9.17, 15) is 34.2 Å². The van der Waals surface area contributed by atoms with Crippen LogP contribution < -0.4 is 33.2 Å². The second kappa shape index (κ2) is 16.0. The van der Waals surface area contributed by atoms with Gasteiger partial charge in [-0.3, -0.25) is 19.2 Å². The number of rotatable bonds is 17. The molecule has 0 radical (unpaired) electrons. The molecular formula is C30H39N7O7. The van der Waals surface area contributed by atoms with Gasteiger partial charge < -0.3 is 48.3 Å². The zero-order valence-electron chi connectivity index (χ0n) is 24.1. The lowest BCUT2D eigenvalue weighted by Gasteiger charge is -2.25. The molecule has 0 spiro atoms. The fourth-order valence-electron chi connectivity index (χ4n) is 4.67. The van der Waals surface area contributed by atoms with Gasteiger partial charge in [-0.1, -0.05) is 36.8 Å². The number of primary amides is 1. The van der Waals surface area contributed by atoms with Gasteiger partial charge in [-0.2, -0.15) is 0 Å². The number of nitrogens with one attached hydrogen (secondary N) is 4. The summed E-state index contributed by atoms with van der Waals surface area (Å²) in [4.78, 5) is 66.6. The van der Waals surface area contributed by atoms with Gasteiger partial charge in [0, 0.05) is 29.9 Å². The molecule has 0 saturated carbocycles. The summed E-state index contributed by atoms with van der Waals surface area (Å²) in [7, 11) is 0. The Labute approximate surface area is 253 Å². The molecule has 4 unspecified atom stereocenters. The highest BCUT2D eigenvalue weighted by Crippen LogP contribution is 2.19. The number of carboxylic acid groups (broad SMARTS) is 1. The number of para-hydroxylation sites is 1. The lowest BCUT2D eigenvalue weighted by molar-refractivity contribution is -0.142. The van der Waals surface area contributed by atoms with Crippen molar-refractivity contribution in [3.05, 3.63) is 65.9 Å². The Morgan fingerprint density at radius 2 is 1.45 bits per heavy atom. The molecule has 14 heteroatoms. The molecule has 0 saturated heterocycles. The number of nitrogens with two attached hydrogens (primary N) is 3. The number of aromatic amines is 1. The summed E-state index contributed by atoms with van der Waals surface area (Å²) in [5, 5.41) is 27.7. The molecule has 3 aromatic rings. The minimum Gasteiger partial charge on any atom is -0.508 e. The van der Waals surface area contributed by atoms with Gasteiger partial charge in [-0.15, -0.1) is 0 Å². The van der Waals surface area contributed by atoms with Gasteiger partial charge in [-0.05, 0) is 48.7 Å². The highest BCUT2D eigenvalue weighted by molar-refractivity contribution is 5.96. The number of H-pyrrole nitrogens is 1. The van der Waals surface area contributed by atoms with Crippen molar-refractivity contribution >= 4 is 40.5 Å². The molecule has 0 bridgehead atoms. The molecule has 0 fully saturated rings. The molecule has 236 valence electrons. The molecule has 4 amide bonds. The summed E-state index contributed by atoms with van der Waals surface area (Å²) in [5.74, 6) is -4.63. The van der Waals surface area contributed by atoms with E-state index in [1.165, 1.54) is 12.1 Å². The molecule has 0 aliphatic heterocycles. The normalized spacial score (nSPS) is 13.8. The van der Waals surface area contributed by atoms with E-state index in [4.69, 9.17) is 17.2 Å². The average molecular weight is 610 g/mol. The van der Waals surface area contributed by atoms with Gasteiger partial charge in [0.05, 0.1) is 12.5 Å². The van der Waals surface area contributed by atoms with Crippen LogP contribution >= 0.6 is 0 Å². The quantitative estimate of drug-likeness (QED) is 0.0895. The largest absolute Gasteiger partial charge is 0.508 e. The summed E-state index contributed by atoms with van der Waals surface area (Å²) in [6.45, 7) is 0.439. The van der Waals surface area contributed by atoms with Crippen LogP contribution in [-0.2, 0) is 36.8 Å². The van der Waals surface area contributed by atoms with E-state index < -0.39 is 60.2 Å². The molecule has 14 nitrogen and oxygen atoms in total. The zero-order valence-corrected chi connectivity index (χ0v) is 24.1. The first-order valence-electron chi connectivity index (χ1n) is 14.2. The van der Waals surface area contributed by atoms with E-state index in [-0.39, 0.29) is 18.6 Å². The first kappa shape index (κ1) is 33.6. The summed E-state index contributed by atoms with van der Waals surface area (Å²) >= 11 is 0. The van der Waals surface area contributed by atoms with Crippen molar-refractivity contribution in [1.82, 2.24) is 20.9 Å². The molecule has 0 aliphatic rings. The highest BCUT2D eigenvalue weighted by Gasteiger charge is 2.32. The van der Waals surface area contributed by atoms with Crippen LogP contribution in [0.15, 0.2) is 54.7 Å². The van der Waals surface area contributed by atoms with Crippen LogP contribution in [0.25, 0.3) is 10.9 Å². The molecule has 2 aromatic carbocycles. The van der Waals surface area contributed by atoms with Crippen molar-refractivity contribution in [1.29, 1.82) is 0 Å². The Hall–Kier alpha value is -4.95. The van der Waals surface area contributed by atoms with Gasteiger partial charge in [0.1, 0.15) is 23.9 Å². The molecule has 44 heavy (non-hydrogen) atoms. The van der Waals surface area contributed by atoms with Gasteiger partial charge in [0.25, 0.3) is 0 Å². The molecule has 1 heterocycles. The third-order valence-electron chi connectivity index (χ3n) is 7.07. The number of carboxylic acids is 1. The Morgan fingerprint density at radius 3 is 2.11 bits per heavy atom. The van der Waals surface area contributed by atoms with Crippen LogP contribution in [0.1, 0.15) is 36.8 Å². The first-order valence-corrected chi connectivity index (χ1v) is 14.2. The molecule has 3 rings (SSSR count). The third-order valence-corrected chi connectivity index (χ3v) is 7.07. The second-order valence-corrected chi connectivity index (χ2v) is 10.5. The number of carbonyl (C=O) groups is 5. The molecule has 0 aliphatic carbocycles. The van der Waals surface area contributed by atoms with E-state index in [0.29, 0.717) is 36.9 Å². The van der Waals surface area contributed by atoms with Gasteiger partial charge >= 0.3 is 5.97 Å². The predicted octanol–water partition coefficient (Wildman–Crippen LogP) is -0.471.